The first-order valence-electron chi connectivity index (χ1n) is 7.59. The van der Waals surface area contributed by atoms with Crippen LogP contribution in [0.25, 0.3) is 0 Å². The summed E-state index contributed by atoms with van der Waals surface area (Å²) in [4.78, 5) is 26.0. The van der Waals surface area contributed by atoms with Gasteiger partial charge in [0.05, 0.1) is 11.1 Å². The molecule has 4 nitrogen and oxygen atoms in total. The Kier molecular flexibility index (Phi) is 3.91. The summed E-state index contributed by atoms with van der Waals surface area (Å²) in [6.45, 7) is 0.664. The van der Waals surface area contributed by atoms with Gasteiger partial charge in [0.1, 0.15) is 17.5 Å². The van der Waals surface area contributed by atoms with Crippen molar-refractivity contribution in [3.63, 3.8) is 0 Å². The van der Waals surface area contributed by atoms with E-state index in [4.69, 9.17) is 5.73 Å². The Morgan fingerprint density at radius 1 is 1.09 bits per heavy atom. The van der Waals surface area contributed by atoms with Crippen LogP contribution in [-0.2, 0) is 4.79 Å². The molecule has 0 radical (unpaired) electrons. The van der Waals surface area contributed by atoms with Crippen LogP contribution in [-0.4, -0.2) is 35.2 Å². The number of hydrogen-bond acceptors (Lipinski definition) is 3. The Balaban J connectivity index is 1.68. The van der Waals surface area contributed by atoms with Gasteiger partial charge in [-0.1, -0.05) is 0 Å². The molecule has 0 unspecified atom stereocenters. The molecule has 1 aliphatic carbocycles. The number of carbonyl (C=O) groups is 2. The summed E-state index contributed by atoms with van der Waals surface area (Å²) in [5, 5.41) is 0. The lowest BCUT2D eigenvalue weighted by Crippen LogP contribution is -2.49. The fourth-order valence-corrected chi connectivity index (χ4v) is 2.99. The summed E-state index contributed by atoms with van der Waals surface area (Å²) in [5.74, 6) is -4.82. The van der Waals surface area contributed by atoms with Gasteiger partial charge in [0.15, 0.2) is 5.78 Å². The number of nitrogens with zero attached hydrogens (tertiary/aromatic N) is 1. The number of likely N-dealkylation sites (tertiary alicyclic amines) is 1. The maximum absolute atomic E-state index is 13.7. The number of ketones is 1. The van der Waals surface area contributed by atoms with E-state index in [1.165, 1.54) is 0 Å². The van der Waals surface area contributed by atoms with E-state index in [1.807, 2.05) is 0 Å². The number of Topliss-reactive ketones (excluding diaryl/α,β-unsaturated/α-hetero) is 1. The Morgan fingerprint density at radius 2 is 1.61 bits per heavy atom. The second kappa shape index (κ2) is 5.63. The van der Waals surface area contributed by atoms with Gasteiger partial charge < -0.3 is 10.6 Å². The van der Waals surface area contributed by atoms with Crippen molar-refractivity contribution in [2.75, 3.05) is 13.1 Å². The molecular formula is C16H17F3N2O2. The molecule has 1 saturated heterocycles. The van der Waals surface area contributed by atoms with Crippen LogP contribution in [0.2, 0.25) is 0 Å². The maximum Gasteiger partial charge on any atom is 0.242 e. The van der Waals surface area contributed by atoms with Gasteiger partial charge >= 0.3 is 0 Å². The molecular weight excluding hydrogens is 309 g/mol. The Hall–Kier alpha value is -1.89. The monoisotopic (exact) mass is 326 g/mol. The minimum absolute atomic E-state index is 0.123. The van der Waals surface area contributed by atoms with Crippen molar-refractivity contribution in [2.45, 2.75) is 31.2 Å². The molecule has 0 spiro atoms. The van der Waals surface area contributed by atoms with Crippen LogP contribution in [0.15, 0.2) is 12.1 Å². The number of hydrogen-bond donors (Lipinski definition) is 1. The van der Waals surface area contributed by atoms with Crippen molar-refractivity contribution in [2.24, 2.45) is 11.7 Å². The second-order valence-electron chi connectivity index (χ2n) is 6.33. The van der Waals surface area contributed by atoms with Gasteiger partial charge in [0.2, 0.25) is 5.91 Å². The Labute approximate surface area is 131 Å². The van der Waals surface area contributed by atoms with Gasteiger partial charge in [-0.15, -0.1) is 0 Å². The lowest BCUT2D eigenvalue weighted by molar-refractivity contribution is -0.134. The third kappa shape index (κ3) is 2.97. The number of nitrogens with two attached hydrogens (primary N) is 1. The van der Waals surface area contributed by atoms with Crippen LogP contribution < -0.4 is 5.73 Å². The van der Waals surface area contributed by atoms with Crippen LogP contribution in [0.4, 0.5) is 13.2 Å². The highest BCUT2D eigenvalue weighted by molar-refractivity contribution is 5.98. The fourth-order valence-electron chi connectivity index (χ4n) is 2.99. The molecule has 1 heterocycles. The summed E-state index contributed by atoms with van der Waals surface area (Å²) >= 11 is 0. The minimum atomic E-state index is -1.19. The normalized spacial score (nSPS) is 20.4. The summed E-state index contributed by atoms with van der Waals surface area (Å²) in [6.07, 6.45) is 1.96. The van der Waals surface area contributed by atoms with Gasteiger partial charge in [0.25, 0.3) is 0 Å². The van der Waals surface area contributed by atoms with E-state index in [-0.39, 0.29) is 5.91 Å². The number of carbonyl (C=O) groups excluding carboxylic acids is 2. The van der Waals surface area contributed by atoms with Crippen LogP contribution in [0.1, 0.15) is 36.0 Å². The SMILES string of the molecule is NC1(C(=O)N2CCC(C(=O)c3c(F)cc(F)cc3F)CC2)CC1. The third-order valence-electron chi connectivity index (χ3n) is 4.62. The largest absolute Gasteiger partial charge is 0.341 e. The minimum Gasteiger partial charge on any atom is -0.341 e. The molecule has 3 rings (SSSR count). The second-order valence-corrected chi connectivity index (χ2v) is 6.33. The molecule has 0 bridgehead atoms. The van der Waals surface area contributed by atoms with Gasteiger partial charge in [-0.25, -0.2) is 13.2 Å². The van der Waals surface area contributed by atoms with Gasteiger partial charge in [-0.2, -0.15) is 0 Å². The molecule has 1 aromatic rings. The van der Waals surface area contributed by atoms with E-state index < -0.39 is 40.3 Å². The fraction of sp³-hybridized carbons (Fsp3) is 0.500. The molecule has 2 aliphatic rings. The lowest BCUT2D eigenvalue weighted by atomic mass is 9.88. The van der Waals surface area contributed by atoms with E-state index >= 15 is 0 Å². The van der Waals surface area contributed by atoms with Crippen molar-refractivity contribution < 1.29 is 22.8 Å². The Bertz CT molecular complexity index is 642. The zero-order valence-corrected chi connectivity index (χ0v) is 12.4. The Morgan fingerprint density at radius 3 is 2.09 bits per heavy atom. The molecule has 0 aromatic heterocycles. The van der Waals surface area contributed by atoms with Crippen molar-refractivity contribution in [1.82, 2.24) is 4.90 Å². The van der Waals surface area contributed by atoms with E-state index in [2.05, 4.69) is 0 Å². The standard InChI is InChI=1S/C16H17F3N2O2/c17-10-7-11(18)13(12(19)8-10)14(22)9-1-5-21(6-2-9)15(23)16(20)3-4-16/h7-9H,1-6,20H2. The predicted molar refractivity (Wildman–Crippen MR) is 76.1 cm³/mol. The molecule has 124 valence electrons. The number of halogens is 3. The molecule has 1 saturated carbocycles. The quantitative estimate of drug-likeness (QED) is 0.865. The average Bonchev–Trinajstić information content (AvgIpc) is 3.24. The molecule has 1 aromatic carbocycles. The van der Waals surface area contributed by atoms with Crippen molar-refractivity contribution in [3.05, 3.63) is 35.1 Å². The topological polar surface area (TPSA) is 63.4 Å². The van der Waals surface area contributed by atoms with Gasteiger partial charge in [0, 0.05) is 31.1 Å². The van der Waals surface area contributed by atoms with Crippen molar-refractivity contribution in [3.8, 4) is 0 Å². The molecule has 23 heavy (non-hydrogen) atoms. The first-order valence-corrected chi connectivity index (χ1v) is 7.59. The molecule has 0 atom stereocenters. The highest BCUT2D eigenvalue weighted by atomic mass is 19.1. The van der Waals surface area contributed by atoms with Crippen LogP contribution in [0.3, 0.4) is 0 Å². The molecule has 7 heteroatoms. The summed E-state index contributed by atoms with van der Waals surface area (Å²) in [6, 6.07) is 1.00. The smallest absolute Gasteiger partial charge is 0.242 e. The first-order chi connectivity index (χ1) is 10.8. The van der Waals surface area contributed by atoms with Gasteiger partial charge in [-0.05, 0) is 25.7 Å². The molecule has 2 N–H and O–H groups in total. The number of benzene rings is 1. The zero-order chi connectivity index (χ0) is 16.8. The maximum atomic E-state index is 13.7. The molecule has 1 amide bonds. The van der Waals surface area contributed by atoms with E-state index in [1.54, 1.807) is 4.90 Å². The first kappa shape index (κ1) is 16.0. The lowest BCUT2D eigenvalue weighted by Gasteiger charge is -2.33. The van der Waals surface area contributed by atoms with Crippen molar-refractivity contribution in [1.29, 1.82) is 0 Å². The van der Waals surface area contributed by atoms with Gasteiger partial charge in [-0.3, -0.25) is 9.59 Å². The summed E-state index contributed by atoms with van der Waals surface area (Å²) in [7, 11) is 0. The van der Waals surface area contributed by atoms with Crippen LogP contribution in [0, 0.1) is 23.4 Å². The third-order valence-corrected chi connectivity index (χ3v) is 4.62. The van der Waals surface area contributed by atoms with Crippen molar-refractivity contribution >= 4 is 11.7 Å². The zero-order valence-electron chi connectivity index (χ0n) is 12.4. The number of amides is 1. The number of piperidine rings is 1. The summed E-state index contributed by atoms with van der Waals surface area (Å²) < 4.78 is 40.3. The molecule has 2 fully saturated rings. The van der Waals surface area contributed by atoms with E-state index in [0.717, 1.165) is 0 Å². The predicted octanol–water partition coefficient (Wildman–Crippen LogP) is 2.02. The summed E-state index contributed by atoms with van der Waals surface area (Å²) in [5.41, 5.74) is 4.41. The average molecular weight is 326 g/mol. The highest BCUT2D eigenvalue weighted by Crippen LogP contribution is 2.35. The number of rotatable bonds is 3. The van der Waals surface area contributed by atoms with Crippen LogP contribution in [0.5, 0.6) is 0 Å². The van der Waals surface area contributed by atoms with E-state index in [0.29, 0.717) is 50.9 Å². The van der Waals surface area contributed by atoms with Crippen LogP contribution >= 0.6 is 0 Å². The highest BCUT2D eigenvalue weighted by Gasteiger charge is 2.48. The van der Waals surface area contributed by atoms with E-state index in [9.17, 15) is 22.8 Å². The molecule has 1 aliphatic heterocycles.